The van der Waals surface area contributed by atoms with Crippen molar-refractivity contribution in [2.24, 2.45) is 27.6 Å². The summed E-state index contributed by atoms with van der Waals surface area (Å²) in [5, 5.41) is 10.3. The molecule has 25 heavy (non-hydrogen) atoms. The number of anilines is 1. The van der Waals surface area contributed by atoms with E-state index >= 15 is 0 Å². The molecule has 3 atom stereocenters. The third kappa shape index (κ3) is 3.18. The number of guanidine groups is 1. The average molecular weight is 336 g/mol. The summed E-state index contributed by atoms with van der Waals surface area (Å²) in [7, 11) is 0. The second-order valence-electron chi connectivity index (χ2n) is 7.18. The first-order valence-electron chi connectivity index (χ1n) is 8.45. The van der Waals surface area contributed by atoms with Gasteiger partial charge in [0.25, 0.3) is 0 Å². The summed E-state index contributed by atoms with van der Waals surface area (Å²) in [5.74, 6) is 6.48. The molecule has 3 rings (SSSR count). The van der Waals surface area contributed by atoms with Crippen LogP contribution in [-0.4, -0.2) is 28.5 Å². The molecule has 2 aliphatic rings. The van der Waals surface area contributed by atoms with Gasteiger partial charge >= 0.3 is 0 Å². The fourth-order valence-corrected chi connectivity index (χ4v) is 2.83. The topological polar surface area (TPSA) is 74.2 Å². The predicted molar refractivity (Wildman–Crippen MR) is 102 cm³/mol. The summed E-state index contributed by atoms with van der Waals surface area (Å²) in [6.07, 6.45) is 5.92. The first-order valence-corrected chi connectivity index (χ1v) is 8.45. The van der Waals surface area contributed by atoms with Crippen molar-refractivity contribution in [2.45, 2.75) is 39.0 Å². The maximum atomic E-state index is 10.3. The van der Waals surface area contributed by atoms with Crippen molar-refractivity contribution in [3.8, 4) is 11.8 Å². The van der Waals surface area contributed by atoms with E-state index < -0.39 is 11.3 Å². The SMILES string of the molecule is CC(C)C(C)(O)C#Cc1cccc(N2C=CC3C=NC(N)=NC32C)c1. The van der Waals surface area contributed by atoms with Crippen LogP contribution >= 0.6 is 0 Å². The zero-order valence-electron chi connectivity index (χ0n) is 15.1. The minimum absolute atomic E-state index is 0.0585. The Bertz CT molecular complexity index is 826. The van der Waals surface area contributed by atoms with Crippen molar-refractivity contribution in [1.29, 1.82) is 0 Å². The quantitative estimate of drug-likeness (QED) is 0.815. The maximum Gasteiger partial charge on any atom is 0.217 e. The molecule has 2 heterocycles. The van der Waals surface area contributed by atoms with Crippen LogP contribution in [-0.2, 0) is 0 Å². The zero-order valence-corrected chi connectivity index (χ0v) is 15.1. The van der Waals surface area contributed by atoms with E-state index in [0.717, 1.165) is 11.3 Å². The molecule has 1 aromatic carbocycles. The number of rotatable bonds is 2. The molecule has 0 aliphatic carbocycles. The lowest BCUT2D eigenvalue weighted by molar-refractivity contribution is 0.0726. The Labute approximate surface area is 149 Å². The standard InChI is InChI=1S/C20H24N4O/c1-14(2)19(3,25)10-8-15-6-5-7-17(12-15)24-11-9-16-13-22-18(21)23-20(16,24)4/h5-7,9,11-14,16,25H,1-4H3,(H2,21,23). The fraction of sp³-hybridized carbons (Fsp3) is 0.400. The van der Waals surface area contributed by atoms with Gasteiger partial charge in [0.15, 0.2) is 0 Å². The van der Waals surface area contributed by atoms with Gasteiger partial charge in [0.1, 0.15) is 11.3 Å². The Morgan fingerprint density at radius 3 is 2.88 bits per heavy atom. The van der Waals surface area contributed by atoms with Crippen molar-refractivity contribution >= 4 is 17.9 Å². The molecule has 0 aromatic heterocycles. The van der Waals surface area contributed by atoms with Gasteiger partial charge in [0.2, 0.25) is 5.96 Å². The zero-order chi connectivity index (χ0) is 18.2. The number of nitrogens with zero attached hydrogens (tertiary/aromatic N) is 3. The van der Waals surface area contributed by atoms with Gasteiger partial charge in [-0.05, 0) is 38.0 Å². The molecule has 0 spiro atoms. The minimum atomic E-state index is -1.01. The van der Waals surface area contributed by atoms with Gasteiger partial charge < -0.3 is 15.7 Å². The molecule has 5 heteroatoms. The van der Waals surface area contributed by atoms with Gasteiger partial charge in [0.05, 0.1) is 5.92 Å². The summed E-state index contributed by atoms with van der Waals surface area (Å²) < 4.78 is 0. The summed E-state index contributed by atoms with van der Waals surface area (Å²) in [5.41, 5.74) is 6.11. The highest BCUT2D eigenvalue weighted by atomic mass is 16.3. The number of aliphatic imine (C=N–C) groups is 2. The van der Waals surface area contributed by atoms with Crippen molar-refractivity contribution in [3.63, 3.8) is 0 Å². The number of aliphatic hydroxyl groups is 1. The van der Waals surface area contributed by atoms with E-state index in [-0.39, 0.29) is 17.8 Å². The molecule has 5 nitrogen and oxygen atoms in total. The maximum absolute atomic E-state index is 10.3. The smallest absolute Gasteiger partial charge is 0.217 e. The van der Waals surface area contributed by atoms with Crippen LogP contribution in [0, 0.1) is 23.7 Å². The Morgan fingerprint density at radius 2 is 2.16 bits per heavy atom. The third-order valence-electron chi connectivity index (χ3n) is 4.98. The van der Waals surface area contributed by atoms with Crippen LogP contribution in [0.2, 0.25) is 0 Å². The Morgan fingerprint density at radius 1 is 1.40 bits per heavy atom. The van der Waals surface area contributed by atoms with Crippen LogP contribution in [0.5, 0.6) is 0 Å². The molecule has 0 fully saturated rings. The number of fused-ring (bicyclic) bond motifs is 1. The Balaban J connectivity index is 1.92. The van der Waals surface area contributed by atoms with Gasteiger partial charge in [-0.25, -0.2) is 9.98 Å². The molecular weight excluding hydrogens is 312 g/mol. The van der Waals surface area contributed by atoms with Crippen LogP contribution in [0.25, 0.3) is 0 Å². The van der Waals surface area contributed by atoms with E-state index in [4.69, 9.17) is 5.73 Å². The van der Waals surface area contributed by atoms with Crippen LogP contribution < -0.4 is 10.6 Å². The average Bonchev–Trinajstić information content (AvgIpc) is 2.89. The molecule has 0 saturated carbocycles. The van der Waals surface area contributed by atoms with E-state index in [9.17, 15) is 5.11 Å². The van der Waals surface area contributed by atoms with Crippen LogP contribution in [0.3, 0.4) is 0 Å². The second kappa shape index (κ2) is 6.05. The Hall–Kier alpha value is -2.58. The van der Waals surface area contributed by atoms with Gasteiger partial charge in [-0.2, -0.15) is 0 Å². The van der Waals surface area contributed by atoms with Gasteiger partial charge in [-0.15, -0.1) is 0 Å². The van der Waals surface area contributed by atoms with Crippen LogP contribution in [0.15, 0.2) is 46.5 Å². The van der Waals surface area contributed by atoms with E-state index in [2.05, 4.69) is 32.8 Å². The third-order valence-corrected chi connectivity index (χ3v) is 4.98. The monoisotopic (exact) mass is 336 g/mol. The molecule has 2 aliphatic heterocycles. The number of benzene rings is 1. The predicted octanol–water partition coefficient (Wildman–Crippen LogP) is 2.51. The lowest BCUT2D eigenvalue weighted by Crippen LogP contribution is -2.47. The van der Waals surface area contributed by atoms with Crippen LogP contribution in [0.4, 0.5) is 5.69 Å². The lowest BCUT2D eigenvalue weighted by atomic mass is 9.93. The molecule has 130 valence electrons. The van der Waals surface area contributed by atoms with E-state index in [0.29, 0.717) is 0 Å². The van der Waals surface area contributed by atoms with Crippen molar-refractivity contribution in [1.82, 2.24) is 0 Å². The molecule has 0 radical (unpaired) electrons. The number of hydrogen-bond donors (Lipinski definition) is 2. The molecule has 0 amide bonds. The van der Waals surface area contributed by atoms with E-state index in [1.54, 1.807) is 6.92 Å². The number of hydrogen-bond acceptors (Lipinski definition) is 5. The van der Waals surface area contributed by atoms with Gasteiger partial charge in [0, 0.05) is 23.7 Å². The molecule has 3 N–H and O–H groups in total. The highest BCUT2D eigenvalue weighted by Gasteiger charge is 2.43. The first-order chi connectivity index (χ1) is 11.7. The fourth-order valence-electron chi connectivity index (χ4n) is 2.83. The highest BCUT2D eigenvalue weighted by molar-refractivity contribution is 5.92. The molecular formula is C20H24N4O. The normalized spacial score (nSPS) is 26.7. The molecule has 1 aromatic rings. The minimum Gasteiger partial charge on any atom is -0.378 e. The number of nitrogens with two attached hydrogens (primary N) is 1. The molecule has 0 bridgehead atoms. The van der Waals surface area contributed by atoms with Crippen molar-refractivity contribution in [2.75, 3.05) is 4.90 Å². The van der Waals surface area contributed by atoms with Crippen molar-refractivity contribution in [3.05, 3.63) is 42.1 Å². The van der Waals surface area contributed by atoms with Crippen LogP contribution in [0.1, 0.15) is 33.3 Å². The van der Waals surface area contributed by atoms with E-state index in [1.165, 1.54) is 0 Å². The molecule has 0 saturated heterocycles. The summed E-state index contributed by atoms with van der Waals surface area (Å²) in [6, 6.07) is 7.91. The Kier molecular flexibility index (Phi) is 4.18. The van der Waals surface area contributed by atoms with Crippen molar-refractivity contribution < 1.29 is 5.11 Å². The lowest BCUT2D eigenvalue weighted by Gasteiger charge is -2.37. The summed E-state index contributed by atoms with van der Waals surface area (Å²) >= 11 is 0. The van der Waals surface area contributed by atoms with Gasteiger partial charge in [-0.1, -0.05) is 37.8 Å². The van der Waals surface area contributed by atoms with E-state index in [1.807, 2.05) is 57.5 Å². The first kappa shape index (κ1) is 17.2. The largest absolute Gasteiger partial charge is 0.378 e. The van der Waals surface area contributed by atoms with Gasteiger partial charge in [-0.3, -0.25) is 0 Å². The summed E-state index contributed by atoms with van der Waals surface area (Å²) in [4.78, 5) is 10.8. The second-order valence-corrected chi connectivity index (χ2v) is 7.18. The summed E-state index contributed by atoms with van der Waals surface area (Å²) in [6.45, 7) is 7.68. The highest BCUT2D eigenvalue weighted by Crippen LogP contribution is 2.38. The molecule has 3 unspecified atom stereocenters.